The maximum atomic E-state index is 6.15. The molecule has 0 aliphatic carbocycles. The number of rotatable bonds is 7. The van der Waals surface area contributed by atoms with Crippen molar-refractivity contribution < 1.29 is 14.0 Å². The smallest absolute Gasteiger partial charge is 0.399 e. The molecule has 3 rings (SSSR count). The van der Waals surface area contributed by atoms with Crippen LogP contribution in [0.4, 0.5) is 0 Å². The van der Waals surface area contributed by atoms with Crippen molar-refractivity contribution in [2.24, 2.45) is 0 Å². The summed E-state index contributed by atoms with van der Waals surface area (Å²) in [5, 5.41) is 4.61. The molecule has 7 heteroatoms. The van der Waals surface area contributed by atoms with E-state index < -0.39 is 10.0 Å². The fraction of sp³-hybridized carbons (Fsp3) is 0.591. The Labute approximate surface area is 177 Å². The molecule has 0 N–H and O–H groups in total. The molecule has 1 saturated heterocycles. The van der Waals surface area contributed by atoms with E-state index in [4.69, 9.17) is 14.0 Å². The van der Waals surface area contributed by atoms with E-state index in [9.17, 15) is 0 Å². The zero-order chi connectivity index (χ0) is 21.4. The fourth-order valence-corrected chi connectivity index (χ4v) is 3.75. The largest absolute Gasteiger partial charge is 0.494 e. The number of ether oxygens (including phenoxy) is 1. The molecule has 1 aliphatic rings. The van der Waals surface area contributed by atoms with Crippen LogP contribution in [0.3, 0.4) is 0 Å². The van der Waals surface area contributed by atoms with E-state index in [1.165, 1.54) is 0 Å². The lowest BCUT2D eigenvalue weighted by Crippen LogP contribution is -2.41. The minimum atomic E-state index is -0.526. The summed E-state index contributed by atoms with van der Waals surface area (Å²) in [5.74, 6) is 1.11. The lowest BCUT2D eigenvalue weighted by Gasteiger charge is -2.32. The van der Waals surface area contributed by atoms with Gasteiger partial charge in [0.15, 0.2) is 0 Å². The quantitative estimate of drug-likeness (QED) is 0.507. The first-order valence-corrected chi connectivity index (χ1v) is 13.1. The van der Waals surface area contributed by atoms with Crippen LogP contribution in [-0.4, -0.2) is 59.2 Å². The third-order valence-electron chi connectivity index (χ3n) is 5.76. The van der Waals surface area contributed by atoms with Crippen LogP contribution >= 0.6 is 10.0 Å². The van der Waals surface area contributed by atoms with Crippen LogP contribution in [0.25, 0.3) is 11.1 Å². The summed E-state index contributed by atoms with van der Waals surface area (Å²) >= 11 is 0. The average molecular weight is 418 g/mol. The molecule has 160 valence electrons. The lowest BCUT2D eigenvalue weighted by atomic mass is 9.78. The van der Waals surface area contributed by atoms with E-state index in [1.54, 1.807) is 0 Å². The van der Waals surface area contributed by atoms with Gasteiger partial charge < -0.3 is 14.0 Å². The maximum absolute atomic E-state index is 6.15. The zero-order valence-corrected chi connectivity index (χ0v) is 19.9. The van der Waals surface area contributed by atoms with Gasteiger partial charge in [-0.3, -0.25) is 0 Å². The van der Waals surface area contributed by atoms with E-state index in [1.807, 2.05) is 11.6 Å². The molecule has 29 heavy (non-hydrogen) atoms. The molecule has 0 atom stereocenters. The molecule has 1 aromatic heterocycles. The van der Waals surface area contributed by atoms with Crippen molar-refractivity contribution >= 4 is 22.6 Å². The van der Waals surface area contributed by atoms with Gasteiger partial charge in [-0.15, -0.1) is 0 Å². The van der Waals surface area contributed by atoms with Gasteiger partial charge >= 0.3 is 7.12 Å². The van der Waals surface area contributed by atoms with Crippen molar-refractivity contribution in [1.29, 1.82) is 0 Å². The molecule has 0 radical (unpaired) electrons. The van der Waals surface area contributed by atoms with Gasteiger partial charge in [0.1, 0.15) is 6.73 Å². The van der Waals surface area contributed by atoms with Crippen LogP contribution in [-0.2, 0) is 20.8 Å². The second kappa shape index (κ2) is 8.10. The van der Waals surface area contributed by atoms with Crippen LogP contribution in [0.15, 0.2) is 30.5 Å². The van der Waals surface area contributed by atoms with Crippen molar-refractivity contribution in [2.45, 2.75) is 52.6 Å². The second-order valence-corrected chi connectivity index (χ2v) is 14.3. The monoisotopic (exact) mass is 418 g/mol. The maximum Gasteiger partial charge on any atom is 0.494 e. The first-order chi connectivity index (χ1) is 13.4. The zero-order valence-electron chi connectivity index (χ0n) is 19.1. The topological polar surface area (TPSA) is 45.5 Å². The third kappa shape index (κ3) is 5.26. The van der Waals surface area contributed by atoms with Gasteiger partial charge in [0.25, 0.3) is 0 Å². The predicted molar refractivity (Wildman–Crippen MR) is 124 cm³/mol. The Balaban J connectivity index is 1.65. The van der Waals surface area contributed by atoms with Gasteiger partial charge in [0.05, 0.1) is 23.5 Å². The molecule has 0 amide bonds. The molecular formula is C22H35BN2O3S. The summed E-state index contributed by atoms with van der Waals surface area (Å²) in [4.78, 5) is 0. The van der Waals surface area contributed by atoms with E-state index in [0.717, 1.165) is 34.6 Å². The summed E-state index contributed by atoms with van der Waals surface area (Å²) in [5.41, 5.74) is 3.62. The molecule has 0 spiro atoms. The molecule has 0 unspecified atom stereocenters. The molecule has 0 saturated carbocycles. The second-order valence-electron chi connectivity index (χ2n) is 9.71. The summed E-state index contributed by atoms with van der Waals surface area (Å²) in [7, 11) is -0.862. The molecule has 1 fully saturated rings. The molecule has 1 aliphatic heterocycles. The van der Waals surface area contributed by atoms with E-state index in [2.05, 4.69) is 82.0 Å². The van der Waals surface area contributed by atoms with Crippen LogP contribution in [0.1, 0.15) is 33.4 Å². The number of hydrogen-bond acceptors (Lipinski definition) is 4. The fourth-order valence-electron chi connectivity index (χ4n) is 3.13. The van der Waals surface area contributed by atoms with Crippen molar-refractivity contribution in [3.05, 3.63) is 36.2 Å². The Kier molecular flexibility index (Phi) is 6.26. The van der Waals surface area contributed by atoms with Gasteiger partial charge in [0, 0.05) is 17.5 Å². The number of hydrogen-bond donors (Lipinski definition) is 0. The van der Waals surface area contributed by atoms with Crippen molar-refractivity contribution in [1.82, 2.24) is 9.78 Å². The number of aromatic nitrogens is 2. The van der Waals surface area contributed by atoms with Crippen molar-refractivity contribution in [2.75, 3.05) is 31.1 Å². The molecule has 5 nitrogen and oxygen atoms in total. The van der Waals surface area contributed by atoms with Crippen LogP contribution in [0, 0.1) is 6.92 Å². The number of nitrogens with zero attached hydrogens (tertiary/aromatic N) is 2. The van der Waals surface area contributed by atoms with E-state index in [-0.39, 0.29) is 18.3 Å². The minimum Gasteiger partial charge on any atom is -0.399 e. The Morgan fingerprint density at radius 3 is 2.17 bits per heavy atom. The standard InChI is InChI=1S/C22H35BN2O3S/c1-17-20(15-25(24-17)16-26-13-14-29(6,7)8)18-9-11-19(12-10-18)23-27-21(2,3)22(4,5)28-23/h9-12,15H,13-14,16H2,1-8H3. The summed E-state index contributed by atoms with van der Waals surface area (Å²) in [6.07, 6.45) is 8.97. The van der Waals surface area contributed by atoms with Gasteiger partial charge in [-0.25, -0.2) is 14.7 Å². The molecule has 2 heterocycles. The number of benzene rings is 1. The van der Waals surface area contributed by atoms with Crippen LogP contribution < -0.4 is 5.46 Å². The molecule has 1 aromatic carbocycles. The highest BCUT2D eigenvalue weighted by molar-refractivity contribution is 8.32. The first-order valence-electron chi connectivity index (χ1n) is 10.1. The van der Waals surface area contributed by atoms with Gasteiger partial charge in [-0.2, -0.15) is 5.10 Å². The first kappa shape index (κ1) is 22.4. The Bertz CT molecular complexity index is 825. The normalized spacial score (nSPS) is 19.0. The minimum absolute atomic E-state index is 0.331. The highest BCUT2D eigenvalue weighted by atomic mass is 32.3. The van der Waals surface area contributed by atoms with Crippen LogP contribution in [0.5, 0.6) is 0 Å². The van der Waals surface area contributed by atoms with Crippen molar-refractivity contribution in [3.63, 3.8) is 0 Å². The summed E-state index contributed by atoms with van der Waals surface area (Å²) in [6, 6.07) is 8.38. The summed E-state index contributed by atoms with van der Waals surface area (Å²) in [6.45, 7) is 11.6. The SMILES string of the molecule is Cc1nn(COCCS(C)(C)C)cc1-c1ccc(B2OC(C)(C)C(C)(C)O2)cc1. The Morgan fingerprint density at radius 2 is 1.62 bits per heavy atom. The van der Waals surface area contributed by atoms with E-state index in [0.29, 0.717) is 6.73 Å². The molecule has 0 bridgehead atoms. The summed E-state index contributed by atoms with van der Waals surface area (Å²) < 4.78 is 20.0. The Hall–Kier alpha value is -1.28. The van der Waals surface area contributed by atoms with E-state index >= 15 is 0 Å². The van der Waals surface area contributed by atoms with Gasteiger partial charge in [-0.05, 0) is 64.4 Å². The lowest BCUT2D eigenvalue weighted by molar-refractivity contribution is 0.00578. The third-order valence-corrected chi connectivity index (χ3v) is 7.15. The van der Waals surface area contributed by atoms with Gasteiger partial charge in [0.2, 0.25) is 0 Å². The average Bonchev–Trinajstić information content (AvgIpc) is 3.07. The number of aryl methyl sites for hydroxylation is 1. The predicted octanol–water partition coefficient (Wildman–Crippen LogP) is 3.83. The van der Waals surface area contributed by atoms with Crippen LogP contribution in [0.2, 0.25) is 0 Å². The molecular weight excluding hydrogens is 383 g/mol. The highest BCUT2D eigenvalue weighted by Crippen LogP contribution is 2.36. The highest BCUT2D eigenvalue weighted by Gasteiger charge is 2.51. The molecule has 2 aromatic rings. The van der Waals surface area contributed by atoms with Gasteiger partial charge in [-0.1, -0.05) is 24.3 Å². The van der Waals surface area contributed by atoms with Crippen molar-refractivity contribution in [3.8, 4) is 11.1 Å². The Morgan fingerprint density at radius 1 is 1.03 bits per heavy atom.